The zero-order valence-electron chi connectivity index (χ0n) is 17.2. The summed E-state index contributed by atoms with van der Waals surface area (Å²) in [4.78, 5) is 47.8. The molecule has 1 aromatic heterocycles. The first kappa shape index (κ1) is 20.1. The Hall–Kier alpha value is -4.79. The lowest BCUT2D eigenvalue weighted by Gasteiger charge is -2.12. The quantitative estimate of drug-likeness (QED) is 0.472. The van der Waals surface area contributed by atoms with Gasteiger partial charge in [0, 0.05) is 5.56 Å². The Morgan fingerprint density at radius 1 is 1.03 bits per heavy atom. The van der Waals surface area contributed by atoms with E-state index in [1.807, 2.05) is 0 Å². The summed E-state index contributed by atoms with van der Waals surface area (Å²) >= 11 is 0. The molecule has 162 valence electrons. The van der Waals surface area contributed by atoms with Crippen LogP contribution >= 0.6 is 0 Å². The third-order valence-corrected chi connectivity index (χ3v) is 5.33. The Bertz CT molecular complexity index is 1450. The van der Waals surface area contributed by atoms with E-state index in [2.05, 4.69) is 10.4 Å². The topological polar surface area (TPSA) is 129 Å². The fraction of sp³-hybridized carbons (Fsp3) is 0.0417. The molecule has 9 nitrogen and oxygen atoms in total. The molecule has 0 saturated heterocycles. The van der Waals surface area contributed by atoms with Gasteiger partial charge in [-0.15, -0.1) is 0 Å². The average Bonchev–Trinajstić information content (AvgIpc) is 3.46. The van der Waals surface area contributed by atoms with Gasteiger partial charge in [0.2, 0.25) is 0 Å². The molecular weight excluding hydrogens is 426 g/mol. The maximum absolute atomic E-state index is 13.0. The molecule has 0 fully saturated rings. The van der Waals surface area contributed by atoms with Gasteiger partial charge in [-0.25, -0.2) is 4.79 Å². The largest absolute Gasteiger partial charge is 0.478 e. The molecule has 5 rings (SSSR count). The van der Waals surface area contributed by atoms with Crippen LogP contribution in [0.2, 0.25) is 0 Å². The molecular formula is C24H15N3O6. The second-order valence-electron chi connectivity index (χ2n) is 7.46. The molecule has 9 heteroatoms. The number of hydrogen-bond donors (Lipinski definition) is 2. The van der Waals surface area contributed by atoms with Crippen LogP contribution in [0.15, 0.2) is 69.7 Å². The lowest BCUT2D eigenvalue weighted by atomic mass is 10.0. The molecule has 2 aliphatic rings. The van der Waals surface area contributed by atoms with Gasteiger partial charge in [-0.05, 0) is 55.5 Å². The lowest BCUT2D eigenvalue weighted by Crippen LogP contribution is -2.21. The summed E-state index contributed by atoms with van der Waals surface area (Å²) in [5, 5.41) is 16.8. The Labute approximate surface area is 186 Å². The lowest BCUT2D eigenvalue weighted by molar-refractivity contribution is -0.114. The van der Waals surface area contributed by atoms with E-state index in [4.69, 9.17) is 4.42 Å². The Morgan fingerprint density at radius 2 is 1.82 bits per heavy atom. The van der Waals surface area contributed by atoms with E-state index in [9.17, 15) is 24.3 Å². The SMILES string of the molecule is CC1=NN(c2cccc(C(=O)O)c2)C(=O)C1=Cc1ccc(-c2ccc3c(c2)C(=O)NC3=O)o1. The number of carbonyl (C=O) groups is 4. The van der Waals surface area contributed by atoms with Gasteiger partial charge in [0.15, 0.2) is 0 Å². The van der Waals surface area contributed by atoms with Crippen LogP contribution in [-0.2, 0) is 4.79 Å². The highest BCUT2D eigenvalue weighted by Gasteiger charge is 2.30. The third-order valence-electron chi connectivity index (χ3n) is 5.33. The number of furan rings is 1. The van der Waals surface area contributed by atoms with E-state index in [0.29, 0.717) is 39.6 Å². The zero-order chi connectivity index (χ0) is 23.3. The van der Waals surface area contributed by atoms with Gasteiger partial charge in [-0.1, -0.05) is 12.1 Å². The maximum atomic E-state index is 13.0. The Balaban J connectivity index is 1.43. The van der Waals surface area contributed by atoms with Crippen molar-refractivity contribution in [1.82, 2.24) is 5.32 Å². The molecule has 33 heavy (non-hydrogen) atoms. The van der Waals surface area contributed by atoms with Crippen LogP contribution in [-0.4, -0.2) is 34.5 Å². The molecule has 2 N–H and O–H groups in total. The van der Waals surface area contributed by atoms with E-state index in [1.165, 1.54) is 12.1 Å². The standard InChI is InChI=1S/C24H15N3O6/c1-12-18(23(30)27(26-12)15-4-2-3-14(9-15)24(31)32)11-16-6-8-20(33-16)13-5-7-17-19(10-13)22(29)25-21(17)28/h2-11H,1H3,(H,31,32)(H,25,28,29). The summed E-state index contributed by atoms with van der Waals surface area (Å²) < 4.78 is 5.85. The number of carboxylic acids is 1. The number of carboxylic acid groups (broad SMARTS) is 1. The first-order valence-electron chi connectivity index (χ1n) is 9.87. The number of fused-ring (bicyclic) bond motifs is 1. The van der Waals surface area contributed by atoms with Gasteiger partial charge < -0.3 is 9.52 Å². The van der Waals surface area contributed by atoms with Gasteiger partial charge in [0.05, 0.1) is 33.7 Å². The van der Waals surface area contributed by atoms with Crippen molar-refractivity contribution in [2.45, 2.75) is 6.92 Å². The minimum Gasteiger partial charge on any atom is -0.478 e. The maximum Gasteiger partial charge on any atom is 0.335 e. The number of benzene rings is 2. The van der Waals surface area contributed by atoms with Crippen LogP contribution in [0.1, 0.15) is 43.8 Å². The van der Waals surface area contributed by atoms with Gasteiger partial charge in [-0.3, -0.25) is 19.7 Å². The first-order valence-corrected chi connectivity index (χ1v) is 9.87. The molecule has 2 aliphatic heterocycles. The molecule has 3 amide bonds. The normalized spacial score (nSPS) is 16.3. The molecule has 0 radical (unpaired) electrons. The molecule has 2 aromatic carbocycles. The second-order valence-corrected chi connectivity index (χ2v) is 7.46. The Morgan fingerprint density at radius 3 is 2.61 bits per heavy atom. The first-order chi connectivity index (χ1) is 15.8. The second kappa shape index (κ2) is 7.41. The highest BCUT2D eigenvalue weighted by molar-refractivity contribution is 6.32. The smallest absolute Gasteiger partial charge is 0.335 e. The molecule has 0 aliphatic carbocycles. The molecule has 3 aromatic rings. The predicted octanol–water partition coefficient (Wildman–Crippen LogP) is 3.33. The van der Waals surface area contributed by atoms with Crippen molar-refractivity contribution in [3.63, 3.8) is 0 Å². The van der Waals surface area contributed by atoms with Crippen molar-refractivity contribution in [1.29, 1.82) is 0 Å². The van der Waals surface area contributed by atoms with Gasteiger partial charge in [-0.2, -0.15) is 10.1 Å². The number of hydrazone groups is 1. The van der Waals surface area contributed by atoms with E-state index in [1.54, 1.807) is 55.5 Å². The summed E-state index contributed by atoms with van der Waals surface area (Å²) in [6, 6.07) is 14.1. The number of nitrogens with zero attached hydrogens (tertiary/aromatic N) is 2. The van der Waals surface area contributed by atoms with Crippen molar-refractivity contribution in [2.24, 2.45) is 5.10 Å². The monoisotopic (exact) mass is 441 g/mol. The van der Waals surface area contributed by atoms with E-state index >= 15 is 0 Å². The summed E-state index contributed by atoms with van der Waals surface area (Å²) in [6.45, 7) is 1.67. The molecule has 3 heterocycles. The van der Waals surface area contributed by atoms with Crippen LogP contribution in [0, 0.1) is 0 Å². The van der Waals surface area contributed by atoms with Crippen molar-refractivity contribution in [3.05, 3.63) is 82.6 Å². The fourth-order valence-electron chi connectivity index (χ4n) is 3.68. The van der Waals surface area contributed by atoms with Crippen LogP contribution in [0.5, 0.6) is 0 Å². The van der Waals surface area contributed by atoms with E-state index in [-0.39, 0.29) is 11.1 Å². The summed E-state index contributed by atoms with van der Waals surface area (Å²) in [5.41, 5.74) is 2.34. The number of hydrogen-bond acceptors (Lipinski definition) is 6. The predicted molar refractivity (Wildman–Crippen MR) is 118 cm³/mol. The number of carbonyl (C=O) groups excluding carboxylic acids is 3. The van der Waals surface area contributed by atoms with Crippen molar-refractivity contribution in [3.8, 4) is 11.3 Å². The average molecular weight is 441 g/mol. The summed E-state index contributed by atoms with van der Waals surface area (Å²) in [5.74, 6) is -1.55. The van der Waals surface area contributed by atoms with Crippen molar-refractivity contribution >= 4 is 41.2 Å². The molecule has 0 unspecified atom stereocenters. The highest BCUT2D eigenvalue weighted by Crippen LogP contribution is 2.29. The number of imide groups is 1. The number of amides is 3. The Kier molecular flexibility index (Phi) is 4.52. The third kappa shape index (κ3) is 3.41. The molecule has 0 saturated carbocycles. The summed E-state index contributed by atoms with van der Waals surface area (Å²) in [6.07, 6.45) is 1.55. The fourth-order valence-corrected chi connectivity index (χ4v) is 3.68. The minimum absolute atomic E-state index is 0.0472. The molecule has 0 spiro atoms. The van der Waals surface area contributed by atoms with E-state index in [0.717, 1.165) is 5.01 Å². The van der Waals surface area contributed by atoms with Gasteiger partial charge >= 0.3 is 5.97 Å². The van der Waals surface area contributed by atoms with Crippen LogP contribution < -0.4 is 10.3 Å². The molecule has 0 atom stereocenters. The van der Waals surface area contributed by atoms with E-state index < -0.39 is 23.7 Å². The van der Waals surface area contributed by atoms with Crippen molar-refractivity contribution < 1.29 is 28.7 Å². The van der Waals surface area contributed by atoms with Crippen molar-refractivity contribution in [2.75, 3.05) is 5.01 Å². The van der Waals surface area contributed by atoms with Gasteiger partial charge in [0.25, 0.3) is 17.7 Å². The number of aromatic carboxylic acids is 1. The molecule has 0 bridgehead atoms. The zero-order valence-corrected chi connectivity index (χ0v) is 17.2. The van der Waals surface area contributed by atoms with Gasteiger partial charge in [0.1, 0.15) is 11.5 Å². The highest BCUT2D eigenvalue weighted by atomic mass is 16.4. The minimum atomic E-state index is -1.10. The summed E-state index contributed by atoms with van der Waals surface area (Å²) in [7, 11) is 0. The number of anilines is 1. The number of nitrogens with one attached hydrogen (secondary N) is 1. The van der Waals surface area contributed by atoms with Crippen LogP contribution in [0.25, 0.3) is 17.4 Å². The number of rotatable bonds is 4. The van der Waals surface area contributed by atoms with Crippen LogP contribution in [0.4, 0.5) is 5.69 Å². The van der Waals surface area contributed by atoms with Crippen LogP contribution in [0.3, 0.4) is 0 Å².